The van der Waals surface area contributed by atoms with Crippen LogP contribution in [0.25, 0.3) is 0 Å². The average molecular weight is 414 g/mol. The van der Waals surface area contributed by atoms with Crippen LogP contribution in [0.4, 0.5) is 28.4 Å². The Morgan fingerprint density at radius 1 is 0.692 bits per heavy atom. The zero-order chi connectivity index (χ0) is 18.7. The van der Waals surface area contributed by atoms with Crippen LogP contribution in [0.1, 0.15) is 0 Å². The summed E-state index contributed by atoms with van der Waals surface area (Å²) in [5.74, 6) is 0. The monoisotopic (exact) mass is 413 g/mol. The second-order valence-electron chi connectivity index (χ2n) is 5.36. The molecular formula is C18H12BrN3O4. The van der Waals surface area contributed by atoms with Gasteiger partial charge >= 0.3 is 0 Å². The predicted molar refractivity (Wildman–Crippen MR) is 102 cm³/mol. The van der Waals surface area contributed by atoms with Gasteiger partial charge in [0.15, 0.2) is 0 Å². The molecule has 26 heavy (non-hydrogen) atoms. The van der Waals surface area contributed by atoms with Gasteiger partial charge in [-0.25, -0.2) is 0 Å². The quantitative estimate of drug-likeness (QED) is 0.393. The maximum atomic E-state index is 10.9. The maximum Gasteiger partial charge on any atom is 0.269 e. The van der Waals surface area contributed by atoms with Gasteiger partial charge < -0.3 is 4.90 Å². The molecule has 130 valence electrons. The topological polar surface area (TPSA) is 89.5 Å². The fourth-order valence-corrected chi connectivity index (χ4v) is 2.90. The molecule has 3 aromatic carbocycles. The van der Waals surface area contributed by atoms with Crippen molar-refractivity contribution in [3.05, 3.63) is 97.5 Å². The van der Waals surface area contributed by atoms with Crippen LogP contribution < -0.4 is 4.90 Å². The molecule has 0 atom stereocenters. The Labute approximate surface area is 156 Å². The third kappa shape index (κ3) is 3.70. The van der Waals surface area contributed by atoms with E-state index in [2.05, 4.69) is 15.9 Å². The third-order valence-corrected chi connectivity index (χ3v) is 4.20. The smallest absolute Gasteiger partial charge is 0.269 e. The molecule has 0 bridgehead atoms. The van der Waals surface area contributed by atoms with Gasteiger partial charge in [0.1, 0.15) is 0 Å². The average Bonchev–Trinajstić information content (AvgIpc) is 2.63. The van der Waals surface area contributed by atoms with E-state index in [1.165, 1.54) is 24.3 Å². The number of nitro benzene ring substituents is 2. The summed E-state index contributed by atoms with van der Waals surface area (Å²) in [5, 5.41) is 21.8. The summed E-state index contributed by atoms with van der Waals surface area (Å²) in [6, 6.07) is 19.8. The van der Waals surface area contributed by atoms with Gasteiger partial charge in [-0.05, 0) is 42.5 Å². The summed E-state index contributed by atoms with van der Waals surface area (Å²) in [6.45, 7) is 0. The Bertz CT molecular complexity index is 901. The van der Waals surface area contributed by atoms with Crippen LogP contribution >= 0.6 is 15.9 Å². The number of nitro groups is 2. The molecule has 0 N–H and O–H groups in total. The van der Waals surface area contributed by atoms with Crippen molar-refractivity contribution in [1.29, 1.82) is 0 Å². The van der Waals surface area contributed by atoms with Gasteiger partial charge in [0.25, 0.3) is 11.4 Å². The van der Waals surface area contributed by atoms with Crippen LogP contribution in [0.2, 0.25) is 0 Å². The highest BCUT2D eigenvalue weighted by atomic mass is 79.9. The van der Waals surface area contributed by atoms with Crippen molar-refractivity contribution in [2.45, 2.75) is 0 Å². The van der Waals surface area contributed by atoms with Crippen LogP contribution in [0.15, 0.2) is 77.3 Å². The minimum Gasteiger partial charge on any atom is -0.310 e. The van der Waals surface area contributed by atoms with E-state index in [4.69, 9.17) is 0 Å². The third-order valence-electron chi connectivity index (χ3n) is 3.70. The fourth-order valence-electron chi connectivity index (χ4n) is 2.51. The van der Waals surface area contributed by atoms with E-state index in [1.54, 1.807) is 24.3 Å². The van der Waals surface area contributed by atoms with Gasteiger partial charge in [0.05, 0.1) is 9.85 Å². The molecule has 0 unspecified atom stereocenters. The molecule has 8 heteroatoms. The van der Waals surface area contributed by atoms with E-state index in [1.807, 2.05) is 29.2 Å². The van der Waals surface area contributed by atoms with Crippen LogP contribution in [0, 0.1) is 20.2 Å². The van der Waals surface area contributed by atoms with Gasteiger partial charge in [0, 0.05) is 45.8 Å². The van der Waals surface area contributed by atoms with Gasteiger partial charge in [-0.2, -0.15) is 0 Å². The van der Waals surface area contributed by atoms with Crippen molar-refractivity contribution in [3.8, 4) is 0 Å². The van der Waals surface area contributed by atoms with Gasteiger partial charge in [0.2, 0.25) is 0 Å². The highest BCUT2D eigenvalue weighted by Gasteiger charge is 2.15. The first-order valence-corrected chi connectivity index (χ1v) is 8.29. The van der Waals surface area contributed by atoms with Gasteiger partial charge in [-0.3, -0.25) is 20.2 Å². The van der Waals surface area contributed by atoms with Crippen LogP contribution in [-0.2, 0) is 0 Å². The molecule has 0 fully saturated rings. The molecule has 0 saturated carbocycles. The van der Waals surface area contributed by atoms with Crippen molar-refractivity contribution >= 4 is 44.4 Å². The summed E-state index contributed by atoms with van der Waals surface area (Å²) in [7, 11) is 0. The zero-order valence-electron chi connectivity index (χ0n) is 13.3. The van der Waals surface area contributed by atoms with E-state index < -0.39 is 9.85 Å². The Hall–Kier alpha value is -3.26. The number of rotatable bonds is 5. The Morgan fingerprint density at radius 2 is 1.15 bits per heavy atom. The molecule has 7 nitrogen and oxygen atoms in total. The first-order chi connectivity index (χ1) is 12.5. The molecule has 3 rings (SSSR count). The first-order valence-electron chi connectivity index (χ1n) is 7.50. The molecular weight excluding hydrogens is 402 g/mol. The summed E-state index contributed by atoms with van der Waals surface area (Å²) in [5.41, 5.74) is 2.19. The van der Waals surface area contributed by atoms with Gasteiger partial charge in [-0.1, -0.05) is 22.0 Å². The van der Waals surface area contributed by atoms with Crippen molar-refractivity contribution in [2.75, 3.05) is 4.90 Å². The lowest BCUT2D eigenvalue weighted by Crippen LogP contribution is -2.10. The lowest BCUT2D eigenvalue weighted by molar-refractivity contribution is -0.385. The maximum absolute atomic E-state index is 10.9. The van der Waals surface area contributed by atoms with Crippen molar-refractivity contribution in [2.24, 2.45) is 0 Å². The lowest BCUT2D eigenvalue weighted by atomic mass is 10.2. The van der Waals surface area contributed by atoms with E-state index in [9.17, 15) is 20.2 Å². The number of nitrogens with zero attached hydrogens (tertiary/aromatic N) is 3. The van der Waals surface area contributed by atoms with Crippen LogP contribution in [0.5, 0.6) is 0 Å². The summed E-state index contributed by atoms with van der Waals surface area (Å²) in [6.07, 6.45) is 0. The number of hydrogen-bond acceptors (Lipinski definition) is 5. The molecule has 0 spiro atoms. The summed E-state index contributed by atoms with van der Waals surface area (Å²) >= 11 is 3.43. The Kier molecular flexibility index (Phi) is 4.94. The van der Waals surface area contributed by atoms with E-state index >= 15 is 0 Å². The minimum atomic E-state index is -0.459. The molecule has 0 aliphatic carbocycles. The zero-order valence-corrected chi connectivity index (χ0v) is 14.9. The molecule has 0 aliphatic heterocycles. The normalized spacial score (nSPS) is 10.3. The van der Waals surface area contributed by atoms with Crippen LogP contribution in [0.3, 0.4) is 0 Å². The molecule has 0 aliphatic rings. The van der Waals surface area contributed by atoms with Crippen LogP contribution in [-0.4, -0.2) is 9.85 Å². The Morgan fingerprint density at radius 3 is 1.54 bits per heavy atom. The number of non-ortho nitro benzene ring substituents is 2. The second kappa shape index (κ2) is 7.32. The minimum absolute atomic E-state index is 0.00774. The number of halogens is 1. The summed E-state index contributed by atoms with van der Waals surface area (Å²) < 4.78 is 0.865. The molecule has 0 heterocycles. The van der Waals surface area contributed by atoms with Crippen molar-refractivity contribution in [1.82, 2.24) is 0 Å². The van der Waals surface area contributed by atoms with E-state index in [-0.39, 0.29) is 11.4 Å². The molecule has 3 aromatic rings. The SMILES string of the molecule is O=[N+]([O-])c1ccc(N(c2ccc([N+](=O)[O-])cc2)c2cccc(Br)c2)cc1. The molecule has 0 aromatic heterocycles. The number of anilines is 3. The summed E-state index contributed by atoms with van der Waals surface area (Å²) in [4.78, 5) is 22.7. The largest absolute Gasteiger partial charge is 0.310 e. The second-order valence-corrected chi connectivity index (χ2v) is 6.28. The van der Waals surface area contributed by atoms with E-state index in [0.29, 0.717) is 11.4 Å². The van der Waals surface area contributed by atoms with Crippen molar-refractivity contribution in [3.63, 3.8) is 0 Å². The number of hydrogen-bond donors (Lipinski definition) is 0. The lowest BCUT2D eigenvalue weighted by Gasteiger charge is -2.25. The number of benzene rings is 3. The fraction of sp³-hybridized carbons (Fsp3) is 0. The van der Waals surface area contributed by atoms with E-state index in [0.717, 1.165) is 10.2 Å². The molecule has 0 amide bonds. The Balaban J connectivity index is 2.10. The molecule has 0 radical (unpaired) electrons. The van der Waals surface area contributed by atoms with Gasteiger partial charge in [-0.15, -0.1) is 0 Å². The predicted octanol–water partition coefficient (Wildman–Crippen LogP) is 5.74. The first kappa shape index (κ1) is 17.6. The highest BCUT2D eigenvalue weighted by molar-refractivity contribution is 9.10. The van der Waals surface area contributed by atoms with Crippen molar-refractivity contribution < 1.29 is 9.85 Å². The highest BCUT2D eigenvalue weighted by Crippen LogP contribution is 2.36. The molecule has 0 saturated heterocycles. The standard InChI is InChI=1S/C18H12BrN3O4/c19-13-2-1-3-18(12-13)20(14-4-8-16(9-5-14)21(23)24)15-6-10-17(11-7-15)22(25)26/h1-12H.